The number of quaternary nitrogens is 1. The van der Waals surface area contributed by atoms with Crippen molar-refractivity contribution in [2.45, 2.75) is 25.8 Å². The molecule has 1 atom stereocenters. The lowest BCUT2D eigenvalue weighted by Crippen LogP contribution is -3.00. The van der Waals surface area contributed by atoms with Crippen LogP contribution in [0.4, 0.5) is 0 Å². The highest BCUT2D eigenvalue weighted by Crippen LogP contribution is 2.31. The van der Waals surface area contributed by atoms with Crippen LogP contribution in [0.5, 0.6) is 0 Å². The SMILES string of the molecule is CCC1=C2SC[NH2+]C2CC=C1.[Cl-]. The molecule has 1 heterocycles. The van der Waals surface area contributed by atoms with Gasteiger partial charge in [0, 0.05) is 6.42 Å². The number of hydrogen-bond acceptors (Lipinski definition) is 1. The molecule has 2 N–H and O–H groups in total. The van der Waals surface area contributed by atoms with Crippen molar-refractivity contribution in [3.8, 4) is 0 Å². The fourth-order valence-corrected chi connectivity index (χ4v) is 3.05. The van der Waals surface area contributed by atoms with Crippen molar-refractivity contribution >= 4 is 11.8 Å². The van der Waals surface area contributed by atoms with E-state index in [9.17, 15) is 0 Å². The minimum Gasteiger partial charge on any atom is -1.00 e. The Labute approximate surface area is 84.1 Å². The maximum absolute atomic E-state index is 2.44. The average Bonchev–Trinajstić information content (AvgIpc) is 2.50. The van der Waals surface area contributed by atoms with E-state index >= 15 is 0 Å². The summed E-state index contributed by atoms with van der Waals surface area (Å²) in [5, 5.41) is 2.44. The van der Waals surface area contributed by atoms with E-state index in [1.165, 1.54) is 18.7 Å². The molecule has 0 radical (unpaired) electrons. The number of allylic oxidation sites excluding steroid dienone is 2. The smallest absolute Gasteiger partial charge is 0.127 e. The number of nitrogens with two attached hydrogens (primary N) is 1. The first-order valence-electron chi connectivity index (χ1n) is 4.27. The summed E-state index contributed by atoms with van der Waals surface area (Å²) in [6.07, 6.45) is 7.06. The van der Waals surface area contributed by atoms with E-state index < -0.39 is 0 Å². The molecule has 68 valence electrons. The number of fused-ring (bicyclic) bond motifs is 1. The van der Waals surface area contributed by atoms with Crippen LogP contribution in [0.15, 0.2) is 22.6 Å². The van der Waals surface area contributed by atoms with Crippen LogP contribution < -0.4 is 17.7 Å². The van der Waals surface area contributed by atoms with E-state index in [0.717, 1.165) is 6.04 Å². The Kier molecular flexibility index (Phi) is 3.69. The zero-order chi connectivity index (χ0) is 7.68. The molecule has 1 saturated heterocycles. The molecule has 3 heteroatoms. The lowest BCUT2D eigenvalue weighted by Gasteiger charge is -2.13. The van der Waals surface area contributed by atoms with Gasteiger partial charge in [-0.15, -0.1) is 0 Å². The molecule has 0 saturated carbocycles. The molecule has 1 nitrogen and oxygen atoms in total. The number of thioether (sulfide) groups is 1. The molecule has 0 aromatic rings. The van der Waals surface area contributed by atoms with E-state index in [-0.39, 0.29) is 12.4 Å². The van der Waals surface area contributed by atoms with E-state index in [1.807, 2.05) is 11.8 Å². The lowest BCUT2D eigenvalue weighted by molar-refractivity contribution is -0.656. The third-order valence-corrected chi connectivity index (χ3v) is 3.60. The van der Waals surface area contributed by atoms with Gasteiger partial charge in [-0.1, -0.05) is 30.8 Å². The summed E-state index contributed by atoms with van der Waals surface area (Å²) in [6, 6.07) is 0.778. The highest BCUT2D eigenvalue weighted by molar-refractivity contribution is 8.03. The molecule has 12 heavy (non-hydrogen) atoms. The van der Waals surface area contributed by atoms with Crippen LogP contribution in [-0.2, 0) is 0 Å². The van der Waals surface area contributed by atoms with Gasteiger partial charge in [-0.3, -0.25) is 0 Å². The predicted octanol–water partition coefficient (Wildman–Crippen LogP) is -1.75. The lowest BCUT2D eigenvalue weighted by atomic mass is 10.0. The van der Waals surface area contributed by atoms with Crippen LogP contribution in [0.3, 0.4) is 0 Å². The highest BCUT2D eigenvalue weighted by Gasteiger charge is 2.27. The Morgan fingerprint density at radius 2 is 2.50 bits per heavy atom. The van der Waals surface area contributed by atoms with Gasteiger partial charge < -0.3 is 17.7 Å². The van der Waals surface area contributed by atoms with Gasteiger partial charge in [0.1, 0.15) is 11.9 Å². The Morgan fingerprint density at radius 3 is 3.25 bits per heavy atom. The van der Waals surface area contributed by atoms with E-state index in [4.69, 9.17) is 0 Å². The first-order chi connectivity index (χ1) is 5.42. The molecular formula is C9H14ClNS. The number of halogens is 1. The normalized spacial score (nSPS) is 26.9. The average molecular weight is 204 g/mol. The maximum Gasteiger partial charge on any atom is 0.127 e. The molecule has 1 aliphatic heterocycles. The van der Waals surface area contributed by atoms with Crippen LogP contribution >= 0.6 is 11.8 Å². The fraction of sp³-hybridized carbons (Fsp3) is 0.556. The molecule has 2 aliphatic rings. The Balaban J connectivity index is 0.000000720. The fourth-order valence-electron chi connectivity index (χ4n) is 1.73. The quantitative estimate of drug-likeness (QED) is 0.535. The molecule has 1 unspecified atom stereocenters. The van der Waals surface area contributed by atoms with Gasteiger partial charge in [-0.2, -0.15) is 0 Å². The van der Waals surface area contributed by atoms with Gasteiger partial charge in [0.05, 0.1) is 4.91 Å². The predicted molar refractivity (Wildman–Crippen MR) is 49.2 cm³/mol. The largest absolute Gasteiger partial charge is 1.00 e. The summed E-state index contributed by atoms with van der Waals surface area (Å²) in [5.74, 6) is 1.23. The number of hydrogen-bond donors (Lipinski definition) is 1. The van der Waals surface area contributed by atoms with Crippen molar-refractivity contribution in [2.75, 3.05) is 5.88 Å². The van der Waals surface area contributed by atoms with Gasteiger partial charge >= 0.3 is 0 Å². The van der Waals surface area contributed by atoms with Crippen LogP contribution in [-0.4, -0.2) is 11.9 Å². The van der Waals surface area contributed by atoms with Crippen LogP contribution in [0.2, 0.25) is 0 Å². The monoisotopic (exact) mass is 203 g/mol. The Morgan fingerprint density at radius 1 is 1.67 bits per heavy atom. The molecule has 0 aromatic heterocycles. The summed E-state index contributed by atoms with van der Waals surface area (Å²) < 4.78 is 0. The highest BCUT2D eigenvalue weighted by atomic mass is 35.5. The zero-order valence-corrected chi connectivity index (χ0v) is 8.79. The van der Waals surface area contributed by atoms with E-state index in [2.05, 4.69) is 24.4 Å². The minimum atomic E-state index is 0. The number of rotatable bonds is 1. The topological polar surface area (TPSA) is 16.6 Å². The summed E-state index contributed by atoms with van der Waals surface area (Å²) in [6.45, 7) is 2.24. The van der Waals surface area contributed by atoms with Crippen molar-refractivity contribution in [3.63, 3.8) is 0 Å². The first kappa shape index (κ1) is 10.2. The molecule has 1 fully saturated rings. The summed E-state index contributed by atoms with van der Waals surface area (Å²) in [5.41, 5.74) is 1.57. The second kappa shape index (κ2) is 4.35. The molecule has 0 bridgehead atoms. The van der Waals surface area contributed by atoms with Crippen molar-refractivity contribution in [1.82, 2.24) is 0 Å². The van der Waals surface area contributed by atoms with Crippen LogP contribution in [0.25, 0.3) is 0 Å². The third kappa shape index (κ3) is 1.70. The van der Waals surface area contributed by atoms with Crippen LogP contribution in [0.1, 0.15) is 19.8 Å². The Bertz CT molecular complexity index is 223. The molecule has 2 rings (SSSR count). The molecule has 1 aliphatic carbocycles. The second-order valence-corrected chi connectivity index (χ2v) is 4.10. The van der Waals surface area contributed by atoms with Gasteiger partial charge in [0.2, 0.25) is 0 Å². The van der Waals surface area contributed by atoms with Crippen molar-refractivity contribution in [3.05, 3.63) is 22.6 Å². The minimum absolute atomic E-state index is 0. The molecule has 0 aromatic carbocycles. The van der Waals surface area contributed by atoms with Crippen molar-refractivity contribution in [1.29, 1.82) is 0 Å². The van der Waals surface area contributed by atoms with Gasteiger partial charge in [0.15, 0.2) is 0 Å². The summed E-state index contributed by atoms with van der Waals surface area (Å²) >= 11 is 2.03. The van der Waals surface area contributed by atoms with E-state index in [1.54, 1.807) is 10.5 Å². The Hall–Kier alpha value is 0.0800. The summed E-state index contributed by atoms with van der Waals surface area (Å²) in [7, 11) is 0. The zero-order valence-electron chi connectivity index (χ0n) is 7.22. The van der Waals surface area contributed by atoms with Crippen molar-refractivity contribution < 1.29 is 17.7 Å². The van der Waals surface area contributed by atoms with Gasteiger partial charge in [-0.25, -0.2) is 0 Å². The molecular weight excluding hydrogens is 190 g/mol. The molecule has 0 amide bonds. The van der Waals surface area contributed by atoms with Crippen molar-refractivity contribution in [2.24, 2.45) is 0 Å². The van der Waals surface area contributed by atoms with Gasteiger partial charge in [0.25, 0.3) is 0 Å². The van der Waals surface area contributed by atoms with Gasteiger partial charge in [-0.05, 0) is 12.0 Å². The summed E-state index contributed by atoms with van der Waals surface area (Å²) in [4.78, 5) is 1.65. The maximum atomic E-state index is 2.44. The molecule has 0 spiro atoms. The van der Waals surface area contributed by atoms with E-state index in [0.29, 0.717) is 0 Å². The second-order valence-electron chi connectivity index (χ2n) is 3.03. The third-order valence-electron chi connectivity index (χ3n) is 2.36. The first-order valence-corrected chi connectivity index (χ1v) is 5.26. The standard InChI is InChI=1S/C9H13NS.ClH/c1-2-7-4-3-5-8-9(7)11-6-10-8;/h3-4,8,10H,2,5-6H2,1H3;1H. The van der Waals surface area contributed by atoms with Crippen LogP contribution in [0, 0.1) is 0 Å².